The molecule has 3 aromatic rings. The fraction of sp³-hybridized carbons (Fsp3) is 0.273. The lowest BCUT2D eigenvalue weighted by Crippen LogP contribution is -2.39. The molecule has 1 aliphatic rings. The van der Waals surface area contributed by atoms with Crippen molar-refractivity contribution in [2.75, 3.05) is 30.4 Å². The molecule has 0 saturated carbocycles. The number of anilines is 2. The van der Waals surface area contributed by atoms with E-state index in [1.54, 1.807) is 13.2 Å². The third kappa shape index (κ3) is 4.07. The average Bonchev–Trinajstić information content (AvgIpc) is 3.25. The van der Waals surface area contributed by atoms with E-state index in [4.69, 9.17) is 4.74 Å². The first-order chi connectivity index (χ1) is 13.7. The van der Waals surface area contributed by atoms with Crippen molar-refractivity contribution in [2.45, 2.75) is 18.9 Å². The number of carbonyl (C=O) groups is 1. The number of piperidine rings is 1. The van der Waals surface area contributed by atoms with Crippen molar-refractivity contribution < 1.29 is 9.53 Å². The van der Waals surface area contributed by atoms with Crippen LogP contribution in [0.15, 0.2) is 60.7 Å². The Kier molecular flexibility index (Phi) is 5.39. The van der Waals surface area contributed by atoms with E-state index < -0.39 is 0 Å². The van der Waals surface area contributed by atoms with Gasteiger partial charge in [-0.3, -0.25) is 9.89 Å². The van der Waals surface area contributed by atoms with Crippen LogP contribution in [0.2, 0.25) is 0 Å². The van der Waals surface area contributed by atoms with E-state index in [9.17, 15) is 4.79 Å². The number of hydrogen-bond donors (Lipinski definition) is 2. The van der Waals surface area contributed by atoms with Gasteiger partial charge in [-0.05, 0) is 43.2 Å². The van der Waals surface area contributed by atoms with Gasteiger partial charge >= 0.3 is 0 Å². The molecule has 28 heavy (non-hydrogen) atoms. The number of aromatic nitrogens is 2. The molecular weight excluding hydrogens is 352 g/mol. The Hall–Kier alpha value is -3.12. The second kappa shape index (κ2) is 8.27. The lowest BCUT2D eigenvalue weighted by molar-refractivity contribution is 0.0893. The van der Waals surface area contributed by atoms with Crippen LogP contribution in [0.25, 0.3) is 11.3 Å². The van der Waals surface area contributed by atoms with Crippen LogP contribution in [-0.4, -0.2) is 42.4 Å². The van der Waals surface area contributed by atoms with Gasteiger partial charge in [0, 0.05) is 37.1 Å². The molecule has 1 atom stereocenters. The molecule has 0 radical (unpaired) electrons. The summed E-state index contributed by atoms with van der Waals surface area (Å²) in [5.74, 6) is -0.208. The Morgan fingerprint density at radius 1 is 1.18 bits per heavy atom. The van der Waals surface area contributed by atoms with E-state index in [1.165, 1.54) is 0 Å². The largest absolute Gasteiger partial charge is 0.380 e. The van der Waals surface area contributed by atoms with Gasteiger partial charge in [-0.1, -0.05) is 30.3 Å². The molecule has 0 bridgehead atoms. The smallest absolute Gasteiger partial charge is 0.273 e. The van der Waals surface area contributed by atoms with Crippen LogP contribution in [0, 0.1) is 0 Å². The molecule has 1 aromatic heterocycles. The van der Waals surface area contributed by atoms with E-state index in [2.05, 4.69) is 20.4 Å². The monoisotopic (exact) mass is 376 g/mol. The van der Waals surface area contributed by atoms with Crippen LogP contribution in [0.4, 0.5) is 11.4 Å². The van der Waals surface area contributed by atoms with Crippen LogP contribution in [0.3, 0.4) is 0 Å². The SMILES string of the molecule is COC1CCCN(c2ccc(NC(=O)c3cc(-c4ccccc4)n[nH]3)cc2)C1. The minimum Gasteiger partial charge on any atom is -0.380 e. The number of nitrogens with one attached hydrogen (secondary N) is 2. The van der Waals surface area contributed by atoms with Gasteiger partial charge in [0.15, 0.2) is 0 Å². The molecule has 0 spiro atoms. The first kappa shape index (κ1) is 18.3. The summed E-state index contributed by atoms with van der Waals surface area (Å²) in [6, 6.07) is 19.5. The fourth-order valence-electron chi connectivity index (χ4n) is 3.51. The molecule has 1 saturated heterocycles. The van der Waals surface area contributed by atoms with Crippen LogP contribution in [0.1, 0.15) is 23.3 Å². The fourth-order valence-corrected chi connectivity index (χ4v) is 3.51. The van der Waals surface area contributed by atoms with Gasteiger partial charge in [0.25, 0.3) is 5.91 Å². The third-order valence-electron chi connectivity index (χ3n) is 5.09. The van der Waals surface area contributed by atoms with Crippen molar-refractivity contribution >= 4 is 17.3 Å². The van der Waals surface area contributed by atoms with Crippen molar-refractivity contribution in [2.24, 2.45) is 0 Å². The van der Waals surface area contributed by atoms with E-state index in [0.29, 0.717) is 5.69 Å². The maximum atomic E-state index is 12.5. The molecule has 144 valence electrons. The number of methoxy groups -OCH3 is 1. The van der Waals surface area contributed by atoms with E-state index in [-0.39, 0.29) is 12.0 Å². The highest BCUT2D eigenvalue weighted by Gasteiger charge is 2.19. The van der Waals surface area contributed by atoms with Gasteiger partial charge in [0.2, 0.25) is 0 Å². The number of aromatic amines is 1. The van der Waals surface area contributed by atoms with Crippen molar-refractivity contribution in [1.82, 2.24) is 10.2 Å². The lowest BCUT2D eigenvalue weighted by atomic mass is 10.1. The molecule has 2 aromatic carbocycles. The first-order valence-electron chi connectivity index (χ1n) is 9.53. The molecule has 2 N–H and O–H groups in total. The lowest BCUT2D eigenvalue weighted by Gasteiger charge is -2.33. The zero-order chi connectivity index (χ0) is 19.3. The first-order valence-corrected chi connectivity index (χ1v) is 9.53. The van der Waals surface area contributed by atoms with Gasteiger partial charge < -0.3 is 15.0 Å². The highest BCUT2D eigenvalue weighted by molar-refractivity contribution is 6.03. The van der Waals surface area contributed by atoms with Crippen molar-refractivity contribution in [3.63, 3.8) is 0 Å². The van der Waals surface area contributed by atoms with E-state index >= 15 is 0 Å². The predicted octanol–water partition coefficient (Wildman–Crippen LogP) is 3.94. The summed E-state index contributed by atoms with van der Waals surface area (Å²) >= 11 is 0. The molecule has 4 rings (SSSR count). The molecule has 6 nitrogen and oxygen atoms in total. The number of nitrogens with zero attached hydrogens (tertiary/aromatic N) is 2. The van der Waals surface area contributed by atoms with Crippen LogP contribution in [0.5, 0.6) is 0 Å². The van der Waals surface area contributed by atoms with Crippen molar-refractivity contribution in [1.29, 1.82) is 0 Å². The quantitative estimate of drug-likeness (QED) is 0.707. The zero-order valence-corrected chi connectivity index (χ0v) is 15.9. The average molecular weight is 376 g/mol. The number of benzene rings is 2. The Balaban J connectivity index is 1.40. The van der Waals surface area contributed by atoms with Crippen molar-refractivity contribution in [3.8, 4) is 11.3 Å². The number of carbonyl (C=O) groups excluding carboxylic acids is 1. The Bertz CT molecular complexity index is 921. The molecular formula is C22H24N4O2. The van der Waals surface area contributed by atoms with Gasteiger partial charge in [-0.25, -0.2) is 0 Å². The molecule has 1 unspecified atom stereocenters. The maximum Gasteiger partial charge on any atom is 0.273 e. The summed E-state index contributed by atoms with van der Waals surface area (Å²) in [6.45, 7) is 1.93. The molecule has 2 heterocycles. The Morgan fingerprint density at radius 2 is 1.96 bits per heavy atom. The summed E-state index contributed by atoms with van der Waals surface area (Å²) in [6.07, 6.45) is 2.52. The van der Waals surface area contributed by atoms with Crippen LogP contribution in [-0.2, 0) is 4.74 Å². The van der Waals surface area contributed by atoms with Crippen LogP contribution < -0.4 is 10.2 Å². The Morgan fingerprint density at radius 3 is 2.71 bits per heavy atom. The molecule has 1 amide bonds. The Labute approximate surface area is 164 Å². The summed E-state index contributed by atoms with van der Waals surface area (Å²) in [4.78, 5) is 14.8. The van der Waals surface area contributed by atoms with Gasteiger partial charge in [0.1, 0.15) is 5.69 Å². The van der Waals surface area contributed by atoms with Gasteiger partial charge in [-0.15, -0.1) is 0 Å². The summed E-state index contributed by atoms with van der Waals surface area (Å²) in [5.41, 5.74) is 4.05. The number of H-pyrrole nitrogens is 1. The highest BCUT2D eigenvalue weighted by atomic mass is 16.5. The molecule has 6 heteroatoms. The topological polar surface area (TPSA) is 70.2 Å². The second-order valence-corrected chi connectivity index (χ2v) is 6.98. The maximum absolute atomic E-state index is 12.5. The molecule has 0 aliphatic carbocycles. The normalized spacial score (nSPS) is 16.8. The van der Waals surface area contributed by atoms with E-state index in [0.717, 1.165) is 48.6 Å². The third-order valence-corrected chi connectivity index (χ3v) is 5.09. The van der Waals surface area contributed by atoms with Crippen molar-refractivity contribution in [3.05, 3.63) is 66.4 Å². The predicted molar refractivity (Wildman–Crippen MR) is 111 cm³/mol. The molecule has 1 aliphatic heterocycles. The molecule has 1 fully saturated rings. The number of hydrogen-bond acceptors (Lipinski definition) is 4. The number of ether oxygens (including phenoxy) is 1. The number of amides is 1. The summed E-state index contributed by atoms with van der Waals surface area (Å²) < 4.78 is 5.49. The summed E-state index contributed by atoms with van der Waals surface area (Å²) in [5, 5.41) is 9.97. The van der Waals surface area contributed by atoms with Crippen LogP contribution >= 0.6 is 0 Å². The zero-order valence-electron chi connectivity index (χ0n) is 15.9. The van der Waals surface area contributed by atoms with E-state index in [1.807, 2.05) is 54.6 Å². The minimum atomic E-state index is -0.208. The standard InChI is InChI=1S/C22H24N4O2/c1-28-19-8-5-13-26(15-19)18-11-9-17(10-12-18)23-22(27)21-14-20(24-25-21)16-6-3-2-4-7-16/h2-4,6-7,9-12,14,19H,5,8,13,15H2,1H3,(H,23,27)(H,24,25). The summed E-state index contributed by atoms with van der Waals surface area (Å²) in [7, 11) is 1.77. The number of rotatable bonds is 5. The van der Waals surface area contributed by atoms with Gasteiger partial charge in [0.05, 0.1) is 11.8 Å². The van der Waals surface area contributed by atoms with Gasteiger partial charge in [-0.2, -0.15) is 5.10 Å². The second-order valence-electron chi connectivity index (χ2n) is 6.98. The highest BCUT2D eigenvalue weighted by Crippen LogP contribution is 2.23. The minimum absolute atomic E-state index is 0.208.